The molecule has 1 amide bonds. The number of hydrogen-bond acceptors (Lipinski definition) is 6. The van der Waals surface area contributed by atoms with Crippen molar-refractivity contribution in [2.45, 2.75) is 20.0 Å². The van der Waals surface area contributed by atoms with Crippen LogP contribution in [0, 0.1) is 5.41 Å². The third kappa shape index (κ3) is 7.15. The average molecular weight is 282 g/mol. The van der Waals surface area contributed by atoms with Gasteiger partial charge in [-0.3, -0.25) is 4.79 Å². The number of nitrogens with two attached hydrogens (primary N) is 1. The standard InChI is InChI=1S/C10H22N2O3S2/c1-10(2,7-13)8(14)9(15)12-4-6-17-16-5-3-11/h8,13-14H,3-7,11H2,1-2H3,(H,12,15). The molecule has 0 fully saturated rings. The van der Waals surface area contributed by atoms with Gasteiger partial charge >= 0.3 is 0 Å². The zero-order chi connectivity index (χ0) is 13.3. The van der Waals surface area contributed by atoms with E-state index < -0.39 is 17.4 Å². The number of carbonyl (C=O) groups excluding carboxylic acids is 1. The topological polar surface area (TPSA) is 95.6 Å². The number of aliphatic hydroxyl groups is 2. The Balaban J connectivity index is 3.72. The van der Waals surface area contributed by atoms with Crippen molar-refractivity contribution in [2.24, 2.45) is 11.1 Å². The molecule has 1 atom stereocenters. The van der Waals surface area contributed by atoms with E-state index in [-0.39, 0.29) is 6.61 Å². The van der Waals surface area contributed by atoms with Crippen LogP contribution in [0.3, 0.4) is 0 Å². The highest BCUT2D eigenvalue weighted by atomic mass is 33.1. The predicted molar refractivity (Wildman–Crippen MR) is 73.9 cm³/mol. The number of rotatable bonds is 9. The van der Waals surface area contributed by atoms with E-state index in [1.807, 2.05) is 0 Å². The summed E-state index contributed by atoms with van der Waals surface area (Å²) in [7, 11) is 3.30. The summed E-state index contributed by atoms with van der Waals surface area (Å²) in [6, 6.07) is 0. The first-order chi connectivity index (χ1) is 7.95. The van der Waals surface area contributed by atoms with Crippen molar-refractivity contribution in [1.82, 2.24) is 5.32 Å². The van der Waals surface area contributed by atoms with E-state index in [9.17, 15) is 9.90 Å². The van der Waals surface area contributed by atoms with Crippen LogP contribution in [-0.2, 0) is 4.79 Å². The molecule has 0 aliphatic carbocycles. The second kappa shape index (κ2) is 9.04. The van der Waals surface area contributed by atoms with Gasteiger partial charge in [-0.25, -0.2) is 0 Å². The minimum atomic E-state index is -1.19. The van der Waals surface area contributed by atoms with Crippen LogP contribution < -0.4 is 11.1 Å². The fraction of sp³-hybridized carbons (Fsp3) is 0.900. The molecule has 0 bridgehead atoms. The molecule has 0 saturated carbocycles. The molecular weight excluding hydrogens is 260 g/mol. The molecule has 5 nitrogen and oxygen atoms in total. The Morgan fingerprint density at radius 3 is 2.53 bits per heavy atom. The summed E-state index contributed by atoms with van der Waals surface area (Å²) in [5.74, 6) is 1.22. The Morgan fingerprint density at radius 2 is 2.00 bits per heavy atom. The summed E-state index contributed by atoms with van der Waals surface area (Å²) in [5, 5.41) is 21.3. The second-order valence-corrected chi connectivity index (χ2v) is 6.97. The second-order valence-electron chi connectivity index (χ2n) is 4.27. The van der Waals surface area contributed by atoms with Crippen LogP contribution in [0.1, 0.15) is 13.8 Å². The lowest BCUT2D eigenvalue weighted by Crippen LogP contribution is -2.46. The average Bonchev–Trinajstić information content (AvgIpc) is 2.32. The normalized spacial score (nSPS) is 13.5. The molecule has 0 aromatic heterocycles. The van der Waals surface area contributed by atoms with Crippen molar-refractivity contribution in [2.75, 3.05) is 31.2 Å². The summed E-state index contributed by atoms with van der Waals surface area (Å²) in [5.41, 5.74) is 4.52. The van der Waals surface area contributed by atoms with Crippen molar-refractivity contribution in [3.8, 4) is 0 Å². The monoisotopic (exact) mass is 282 g/mol. The van der Waals surface area contributed by atoms with Crippen LogP contribution in [0.5, 0.6) is 0 Å². The summed E-state index contributed by atoms with van der Waals surface area (Å²) >= 11 is 0. The Labute approximate surface area is 110 Å². The number of amides is 1. The Hall–Kier alpha value is 0.0500. The first kappa shape index (κ1) is 17.1. The lowest BCUT2D eigenvalue weighted by Gasteiger charge is -2.27. The van der Waals surface area contributed by atoms with Gasteiger partial charge in [0.15, 0.2) is 0 Å². The van der Waals surface area contributed by atoms with Crippen molar-refractivity contribution in [1.29, 1.82) is 0 Å². The highest BCUT2D eigenvalue weighted by Crippen LogP contribution is 2.20. The van der Waals surface area contributed by atoms with Crippen LogP contribution in [-0.4, -0.2) is 53.4 Å². The van der Waals surface area contributed by atoms with Crippen molar-refractivity contribution in [3.05, 3.63) is 0 Å². The molecule has 0 radical (unpaired) electrons. The van der Waals surface area contributed by atoms with Crippen LogP contribution >= 0.6 is 21.6 Å². The smallest absolute Gasteiger partial charge is 0.249 e. The lowest BCUT2D eigenvalue weighted by atomic mass is 9.87. The molecule has 17 heavy (non-hydrogen) atoms. The quantitative estimate of drug-likeness (QED) is 0.346. The number of nitrogens with one attached hydrogen (secondary N) is 1. The van der Waals surface area contributed by atoms with Gasteiger partial charge in [-0.1, -0.05) is 35.4 Å². The van der Waals surface area contributed by atoms with Gasteiger partial charge in [-0.2, -0.15) is 0 Å². The zero-order valence-corrected chi connectivity index (χ0v) is 11.9. The third-order valence-electron chi connectivity index (χ3n) is 2.17. The van der Waals surface area contributed by atoms with Gasteiger partial charge in [-0.15, -0.1) is 0 Å². The highest BCUT2D eigenvalue weighted by Gasteiger charge is 2.32. The minimum absolute atomic E-state index is 0.233. The Bertz CT molecular complexity index is 228. The van der Waals surface area contributed by atoms with Crippen molar-refractivity contribution in [3.63, 3.8) is 0 Å². The highest BCUT2D eigenvalue weighted by molar-refractivity contribution is 8.76. The van der Waals surface area contributed by atoms with Crippen molar-refractivity contribution < 1.29 is 15.0 Å². The van der Waals surface area contributed by atoms with E-state index in [1.54, 1.807) is 35.4 Å². The molecule has 0 aliphatic rings. The number of carbonyl (C=O) groups is 1. The van der Waals surface area contributed by atoms with Gasteiger partial charge in [-0.05, 0) is 0 Å². The molecule has 7 heteroatoms. The zero-order valence-electron chi connectivity index (χ0n) is 10.3. The fourth-order valence-corrected chi connectivity index (χ4v) is 2.68. The Kier molecular flexibility index (Phi) is 9.07. The number of hydrogen-bond donors (Lipinski definition) is 4. The molecule has 0 heterocycles. The van der Waals surface area contributed by atoms with E-state index in [4.69, 9.17) is 10.8 Å². The summed E-state index contributed by atoms with van der Waals surface area (Å²) in [6.07, 6.45) is -1.19. The molecule has 0 spiro atoms. The first-order valence-corrected chi connectivity index (χ1v) is 7.95. The maximum Gasteiger partial charge on any atom is 0.249 e. The predicted octanol–water partition coefficient (Wildman–Crippen LogP) is -0.178. The van der Waals surface area contributed by atoms with Crippen molar-refractivity contribution >= 4 is 27.5 Å². The summed E-state index contributed by atoms with van der Waals surface area (Å²) in [4.78, 5) is 11.5. The van der Waals surface area contributed by atoms with Crippen LogP contribution in [0.15, 0.2) is 0 Å². The molecule has 5 N–H and O–H groups in total. The van der Waals surface area contributed by atoms with Gasteiger partial charge in [0.2, 0.25) is 5.91 Å². The third-order valence-corrected chi connectivity index (χ3v) is 4.61. The Morgan fingerprint density at radius 1 is 1.41 bits per heavy atom. The van der Waals surface area contributed by atoms with E-state index >= 15 is 0 Å². The maximum absolute atomic E-state index is 11.5. The van der Waals surface area contributed by atoms with E-state index in [1.165, 1.54) is 0 Å². The van der Waals surface area contributed by atoms with Crippen LogP contribution in [0.4, 0.5) is 0 Å². The molecule has 0 saturated heterocycles. The minimum Gasteiger partial charge on any atom is -0.396 e. The van der Waals surface area contributed by atoms with Gasteiger partial charge < -0.3 is 21.3 Å². The molecule has 0 aromatic rings. The van der Waals surface area contributed by atoms with Crippen LogP contribution in [0.2, 0.25) is 0 Å². The molecule has 0 rings (SSSR count). The SMILES string of the molecule is CC(C)(CO)C(O)C(=O)NCCSSCCN. The lowest BCUT2D eigenvalue weighted by molar-refractivity contribution is -0.136. The maximum atomic E-state index is 11.5. The molecule has 1 unspecified atom stereocenters. The molecular formula is C10H22N2O3S2. The van der Waals surface area contributed by atoms with E-state index in [0.29, 0.717) is 13.1 Å². The summed E-state index contributed by atoms with van der Waals surface area (Å²) in [6.45, 7) is 4.20. The van der Waals surface area contributed by atoms with Gasteiger partial charge in [0, 0.05) is 30.0 Å². The van der Waals surface area contributed by atoms with E-state index in [0.717, 1.165) is 11.5 Å². The first-order valence-electron chi connectivity index (χ1n) is 5.47. The largest absolute Gasteiger partial charge is 0.396 e. The van der Waals surface area contributed by atoms with E-state index in [2.05, 4.69) is 5.32 Å². The van der Waals surface area contributed by atoms with Crippen LogP contribution in [0.25, 0.3) is 0 Å². The van der Waals surface area contributed by atoms with Gasteiger partial charge in [0.05, 0.1) is 6.61 Å². The fourth-order valence-electron chi connectivity index (χ4n) is 0.920. The number of aliphatic hydroxyl groups excluding tert-OH is 2. The summed E-state index contributed by atoms with van der Waals surface area (Å²) < 4.78 is 0. The molecule has 102 valence electrons. The van der Waals surface area contributed by atoms with Gasteiger partial charge in [0.1, 0.15) is 6.10 Å². The van der Waals surface area contributed by atoms with Gasteiger partial charge in [0.25, 0.3) is 0 Å². The molecule has 0 aromatic carbocycles. The molecule has 0 aliphatic heterocycles.